The summed E-state index contributed by atoms with van der Waals surface area (Å²) in [5.41, 5.74) is 5.70. The summed E-state index contributed by atoms with van der Waals surface area (Å²) in [5.74, 6) is 0.552. The summed E-state index contributed by atoms with van der Waals surface area (Å²) in [5, 5.41) is 13.8. The zero-order valence-electron chi connectivity index (χ0n) is 9.75. The van der Waals surface area contributed by atoms with Crippen LogP contribution in [0.4, 0.5) is 11.5 Å². The normalized spacial score (nSPS) is 18.9. The fraction of sp³-hybridized carbons (Fsp3) is 0.583. The van der Waals surface area contributed by atoms with Crippen LogP contribution >= 0.6 is 11.6 Å². The molecule has 4 nitrogen and oxygen atoms in total. The third-order valence-electron chi connectivity index (χ3n) is 3.26. The molecule has 1 heterocycles. The third-order valence-corrected chi connectivity index (χ3v) is 3.47. The number of aromatic nitrogens is 1. The van der Waals surface area contributed by atoms with Crippen molar-refractivity contribution in [2.75, 3.05) is 17.6 Å². The van der Waals surface area contributed by atoms with Gasteiger partial charge in [-0.15, -0.1) is 0 Å². The number of halogens is 1. The molecule has 1 aliphatic carbocycles. The maximum atomic E-state index is 10.3. The number of rotatable bonds is 3. The Labute approximate surface area is 106 Å². The van der Waals surface area contributed by atoms with Gasteiger partial charge in [0, 0.05) is 6.54 Å². The van der Waals surface area contributed by atoms with Crippen molar-refractivity contribution in [3.63, 3.8) is 0 Å². The molecular weight excluding hydrogens is 238 g/mol. The molecule has 0 aliphatic heterocycles. The van der Waals surface area contributed by atoms with Crippen molar-refractivity contribution in [1.29, 1.82) is 0 Å². The Balaban J connectivity index is 1.99. The molecule has 0 saturated heterocycles. The third kappa shape index (κ3) is 3.23. The fourth-order valence-corrected chi connectivity index (χ4v) is 2.37. The van der Waals surface area contributed by atoms with Gasteiger partial charge in [0.15, 0.2) is 5.82 Å². The Morgan fingerprint density at radius 3 is 2.76 bits per heavy atom. The van der Waals surface area contributed by atoms with Crippen molar-refractivity contribution in [3.05, 3.63) is 17.3 Å². The number of nitrogens with one attached hydrogen (secondary N) is 1. The standard InChI is InChI=1S/C12H18ClN3O/c13-10-5-4-9(14)11(16-10)15-8-12(17)6-2-1-3-7-12/h4-5,17H,1-3,6-8,14H2,(H,15,16). The first-order valence-electron chi connectivity index (χ1n) is 5.97. The summed E-state index contributed by atoms with van der Waals surface area (Å²) in [6, 6.07) is 3.36. The minimum Gasteiger partial charge on any atom is -0.396 e. The highest BCUT2D eigenvalue weighted by Crippen LogP contribution is 2.29. The summed E-state index contributed by atoms with van der Waals surface area (Å²) >= 11 is 5.80. The second-order valence-corrected chi connectivity index (χ2v) is 5.10. The lowest BCUT2D eigenvalue weighted by Crippen LogP contribution is -2.39. The highest BCUT2D eigenvalue weighted by Gasteiger charge is 2.29. The molecule has 5 heteroatoms. The van der Waals surface area contributed by atoms with Crippen molar-refractivity contribution in [2.45, 2.75) is 37.7 Å². The number of hydrogen-bond acceptors (Lipinski definition) is 4. The molecule has 0 unspecified atom stereocenters. The minimum atomic E-state index is -0.630. The van der Waals surface area contributed by atoms with E-state index in [1.165, 1.54) is 6.42 Å². The summed E-state index contributed by atoms with van der Waals surface area (Å²) in [4.78, 5) is 4.11. The van der Waals surface area contributed by atoms with Crippen LogP contribution in [0.1, 0.15) is 32.1 Å². The van der Waals surface area contributed by atoms with Crippen LogP contribution in [0.15, 0.2) is 12.1 Å². The Kier molecular flexibility index (Phi) is 3.74. The average molecular weight is 256 g/mol. The van der Waals surface area contributed by atoms with E-state index < -0.39 is 5.60 Å². The van der Waals surface area contributed by atoms with Crippen molar-refractivity contribution >= 4 is 23.1 Å². The van der Waals surface area contributed by atoms with E-state index in [4.69, 9.17) is 17.3 Å². The summed E-state index contributed by atoms with van der Waals surface area (Å²) in [6.45, 7) is 0.477. The van der Waals surface area contributed by atoms with E-state index in [9.17, 15) is 5.11 Å². The molecule has 1 saturated carbocycles. The maximum absolute atomic E-state index is 10.3. The molecule has 17 heavy (non-hydrogen) atoms. The molecule has 1 aromatic rings. The second-order valence-electron chi connectivity index (χ2n) is 4.71. The van der Waals surface area contributed by atoms with Gasteiger partial charge in [-0.2, -0.15) is 0 Å². The SMILES string of the molecule is Nc1ccc(Cl)nc1NCC1(O)CCCCC1. The number of nitrogen functional groups attached to an aromatic ring is 1. The van der Waals surface area contributed by atoms with Crippen molar-refractivity contribution < 1.29 is 5.11 Å². The number of nitrogens with zero attached hydrogens (tertiary/aromatic N) is 1. The van der Waals surface area contributed by atoms with Gasteiger partial charge in [-0.05, 0) is 25.0 Å². The quantitative estimate of drug-likeness (QED) is 0.726. The van der Waals surface area contributed by atoms with Crippen LogP contribution < -0.4 is 11.1 Å². The molecule has 94 valence electrons. The zero-order chi connectivity index (χ0) is 12.3. The van der Waals surface area contributed by atoms with Gasteiger partial charge < -0.3 is 16.2 Å². The van der Waals surface area contributed by atoms with Gasteiger partial charge in [0.2, 0.25) is 0 Å². The summed E-state index contributed by atoms with van der Waals surface area (Å²) in [7, 11) is 0. The van der Waals surface area contributed by atoms with E-state index in [0.29, 0.717) is 23.2 Å². The Morgan fingerprint density at radius 1 is 1.35 bits per heavy atom. The molecule has 0 atom stereocenters. The topological polar surface area (TPSA) is 71.2 Å². The molecule has 1 aliphatic rings. The number of aliphatic hydroxyl groups is 1. The highest BCUT2D eigenvalue weighted by atomic mass is 35.5. The van der Waals surface area contributed by atoms with Crippen molar-refractivity contribution in [3.8, 4) is 0 Å². The van der Waals surface area contributed by atoms with Gasteiger partial charge in [0.05, 0.1) is 11.3 Å². The molecule has 1 fully saturated rings. The summed E-state index contributed by atoms with van der Waals surface area (Å²) in [6.07, 6.45) is 5.04. The van der Waals surface area contributed by atoms with Gasteiger partial charge in [-0.25, -0.2) is 4.98 Å². The number of hydrogen-bond donors (Lipinski definition) is 3. The molecule has 0 spiro atoms. The number of anilines is 2. The number of nitrogens with two attached hydrogens (primary N) is 1. The maximum Gasteiger partial charge on any atom is 0.151 e. The lowest BCUT2D eigenvalue weighted by molar-refractivity contribution is 0.0167. The molecule has 0 aromatic carbocycles. The zero-order valence-corrected chi connectivity index (χ0v) is 10.5. The molecule has 0 amide bonds. The minimum absolute atomic E-state index is 0.400. The Morgan fingerprint density at radius 2 is 2.06 bits per heavy atom. The molecule has 2 rings (SSSR count). The first-order valence-corrected chi connectivity index (χ1v) is 6.35. The van der Waals surface area contributed by atoms with E-state index in [1.54, 1.807) is 12.1 Å². The molecular formula is C12H18ClN3O. The van der Waals surface area contributed by atoms with E-state index >= 15 is 0 Å². The van der Waals surface area contributed by atoms with Gasteiger partial charge in [-0.3, -0.25) is 0 Å². The van der Waals surface area contributed by atoms with Crippen LogP contribution in [0, 0.1) is 0 Å². The van der Waals surface area contributed by atoms with Crippen LogP contribution in [-0.2, 0) is 0 Å². The first kappa shape index (κ1) is 12.5. The van der Waals surface area contributed by atoms with Crippen LogP contribution in [-0.4, -0.2) is 22.2 Å². The van der Waals surface area contributed by atoms with Crippen LogP contribution in [0.3, 0.4) is 0 Å². The van der Waals surface area contributed by atoms with E-state index in [2.05, 4.69) is 10.3 Å². The highest BCUT2D eigenvalue weighted by molar-refractivity contribution is 6.29. The fourth-order valence-electron chi connectivity index (χ4n) is 2.22. The van der Waals surface area contributed by atoms with E-state index in [-0.39, 0.29) is 0 Å². The van der Waals surface area contributed by atoms with Gasteiger partial charge in [0.1, 0.15) is 5.15 Å². The van der Waals surface area contributed by atoms with Crippen molar-refractivity contribution in [1.82, 2.24) is 4.98 Å². The van der Waals surface area contributed by atoms with Crippen molar-refractivity contribution in [2.24, 2.45) is 0 Å². The van der Waals surface area contributed by atoms with E-state index in [1.807, 2.05) is 0 Å². The smallest absolute Gasteiger partial charge is 0.151 e. The lowest BCUT2D eigenvalue weighted by Gasteiger charge is -2.32. The van der Waals surface area contributed by atoms with E-state index in [0.717, 1.165) is 25.7 Å². The van der Waals surface area contributed by atoms with Gasteiger partial charge in [0.25, 0.3) is 0 Å². The number of pyridine rings is 1. The lowest BCUT2D eigenvalue weighted by atomic mass is 9.85. The van der Waals surface area contributed by atoms with Crippen LogP contribution in [0.5, 0.6) is 0 Å². The van der Waals surface area contributed by atoms with Gasteiger partial charge in [-0.1, -0.05) is 30.9 Å². The monoisotopic (exact) mass is 255 g/mol. The predicted octanol–water partition coefficient (Wildman–Crippen LogP) is 2.42. The molecule has 0 radical (unpaired) electrons. The largest absolute Gasteiger partial charge is 0.396 e. The molecule has 1 aromatic heterocycles. The Hall–Kier alpha value is -1.00. The Bertz CT molecular complexity index is 391. The first-order chi connectivity index (χ1) is 8.09. The predicted molar refractivity (Wildman–Crippen MR) is 70.2 cm³/mol. The second kappa shape index (κ2) is 5.10. The molecule has 0 bridgehead atoms. The average Bonchev–Trinajstić information content (AvgIpc) is 2.31. The molecule has 4 N–H and O–H groups in total. The van der Waals surface area contributed by atoms with Crippen LogP contribution in [0.2, 0.25) is 5.15 Å². The van der Waals surface area contributed by atoms with Crippen LogP contribution in [0.25, 0.3) is 0 Å². The van der Waals surface area contributed by atoms with Gasteiger partial charge >= 0.3 is 0 Å². The summed E-state index contributed by atoms with van der Waals surface area (Å²) < 4.78 is 0.